The molecule has 5 rings (SSSR count). The predicted molar refractivity (Wildman–Crippen MR) is 114 cm³/mol. The highest BCUT2D eigenvalue weighted by molar-refractivity contribution is 7.58. The molecule has 3 aromatic rings. The molecule has 0 spiro atoms. The van der Waals surface area contributed by atoms with Gasteiger partial charge >= 0.3 is 8.45 Å². The summed E-state index contributed by atoms with van der Waals surface area (Å²) in [6.45, 7) is 4.11. The van der Waals surface area contributed by atoms with Gasteiger partial charge < -0.3 is 4.52 Å². The predicted octanol–water partition coefficient (Wildman–Crippen LogP) is 5.39. The quantitative estimate of drug-likeness (QED) is 0.564. The number of amides is 1. The Bertz CT molecular complexity index is 1030. The van der Waals surface area contributed by atoms with Gasteiger partial charge in [0, 0.05) is 12.1 Å². The van der Waals surface area contributed by atoms with E-state index in [0.29, 0.717) is 0 Å². The lowest BCUT2D eigenvalue weighted by Crippen LogP contribution is -2.30. The number of fused-ring (bicyclic) bond motifs is 3. The van der Waals surface area contributed by atoms with Crippen LogP contribution in [-0.4, -0.2) is 11.9 Å². The van der Waals surface area contributed by atoms with E-state index in [4.69, 9.17) is 4.52 Å². The smallest absolute Gasteiger partial charge is 0.317 e. The van der Waals surface area contributed by atoms with Gasteiger partial charge in [0.2, 0.25) is 0 Å². The van der Waals surface area contributed by atoms with Crippen molar-refractivity contribution in [2.24, 2.45) is 0 Å². The number of carbonyl (C=O) groups is 1. The first-order valence-electron chi connectivity index (χ1n) is 9.45. The number of anilines is 2. The molecule has 0 aliphatic carbocycles. The molecule has 0 N–H and O–H groups in total. The van der Waals surface area contributed by atoms with Crippen LogP contribution in [0, 0.1) is 13.8 Å². The monoisotopic (exact) mass is 388 g/mol. The number of carbonyl (C=O) groups excluding carboxylic acids is 1. The molecule has 2 atom stereocenters. The minimum Gasteiger partial charge on any atom is -0.436 e. The van der Waals surface area contributed by atoms with Gasteiger partial charge in [-0.05, 0) is 48.7 Å². The van der Waals surface area contributed by atoms with E-state index in [9.17, 15) is 4.79 Å². The minimum atomic E-state index is -1.34. The topological polar surface area (TPSA) is 32.8 Å². The first kappa shape index (κ1) is 17.3. The Labute approximate surface area is 166 Å². The average Bonchev–Trinajstić information content (AvgIpc) is 3.21. The SMILES string of the molecule is Cc1cccc(C)c1O[P@]1N(c2ccccc2)C(=O)[C@@H]2Cc3ccccc3N21. The normalized spacial score (nSPS) is 20.3. The van der Waals surface area contributed by atoms with Crippen LogP contribution in [0.1, 0.15) is 16.7 Å². The van der Waals surface area contributed by atoms with E-state index in [1.54, 1.807) is 0 Å². The van der Waals surface area contributed by atoms with Crippen LogP contribution < -0.4 is 13.9 Å². The third-order valence-electron chi connectivity index (χ3n) is 5.38. The third-order valence-corrected chi connectivity index (χ3v) is 7.36. The molecule has 5 heteroatoms. The van der Waals surface area contributed by atoms with Crippen LogP contribution in [0.15, 0.2) is 72.8 Å². The standard InChI is InChI=1S/C23H21N2O2P/c1-16-9-8-10-17(2)22(16)27-28-24(19-12-4-3-5-13-19)23(26)21-15-18-11-6-7-14-20(18)25(21)28/h3-14,21H,15H2,1-2H3/t21-,28+/m0/s1. The highest BCUT2D eigenvalue weighted by Crippen LogP contribution is 2.60. The van der Waals surface area contributed by atoms with E-state index in [0.717, 1.165) is 34.7 Å². The summed E-state index contributed by atoms with van der Waals surface area (Å²) >= 11 is 0. The van der Waals surface area contributed by atoms with Crippen LogP contribution in [-0.2, 0) is 11.2 Å². The fraction of sp³-hybridized carbons (Fsp3) is 0.174. The van der Waals surface area contributed by atoms with Gasteiger partial charge in [-0.2, -0.15) is 0 Å². The van der Waals surface area contributed by atoms with Gasteiger partial charge in [0.1, 0.15) is 11.8 Å². The van der Waals surface area contributed by atoms with Gasteiger partial charge in [0.25, 0.3) is 5.91 Å². The van der Waals surface area contributed by atoms with Crippen molar-refractivity contribution in [2.75, 3.05) is 9.34 Å². The molecule has 1 fully saturated rings. The fourth-order valence-corrected chi connectivity index (χ4v) is 6.24. The summed E-state index contributed by atoms with van der Waals surface area (Å²) in [6, 6.07) is 24.1. The van der Waals surface area contributed by atoms with Crippen LogP contribution in [0.2, 0.25) is 0 Å². The maximum absolute atomic E-state index is 13.4. The van der Waals surface area contributed by atoms with E-state index in [1.807, 2.05) is 53.2 Å². The van der Waals surface area contributed by atoms with Crippen molar-refractivity contribution in [2.45, 2.75) is 26.3 Å². The summed E-state index contributed by atoms with van der Waals surface area (Å²) in [5, 5.41) is 0. The molecule has 0 saturated carbocycles. The van der Waals surface area contributed by atoms with Crippen LogP contribution in [0.25, 0.3) is 0 Å². The zero-order valence-electron chi connectivity index (χ0n) is 15.9. The van der Waals surface area contributed by atoms with E-state index in [2.05, 4.69) is 42.8 Å². The fourth-order valence-electron chi connectivity index (χ4n) is 4.00. The lowest BCUT2D eigenvalue weighted by Gasteiger charge is -2.30. The molecule has 28 heavy (non-hydrogen) atoms. The zero-order valence-corrected chi connectivity index (χ0v) is 16.8. The van der Waals surface area contributed by atoms with Crippen LogP contribution >= 0.6 is 8.45 Å². The van der Waals surface area contributed by atoms with Gasteiger partial charge in [-0.25, -0.2) is 4.67 Å². The van der Waals surface area contributed by atoms with Crippen molar-refractivity contribution in [3.63, 3.8) is 0 Å². The molecule has 1 saturated heterocycles. The summed E-state index contributed by atoms with van der Waals surface area (Å²) < 4.78 is 10.7. The zero-order chi connectivity index (χ0) is 19.3. The van der Waals surface area contributed by atoms with Gasteiger partial charge in [0.15, 0.2) is 0 Å². The second-order valence-corrected chi connectivity index (χ2v) is 8.76. The number of para-hydroxylation sites is 3. The first-order valence-corrected chi connectivity index (χ1v) is 10.6. The number of rotatable bonds is 3. The second kappa shape index (κ2) is 6.65. The molecular formula is C23H21N2O2P. The summed E-state index contributed by atoms with van der Waals surface area (Å²) in [7, 11) is -1.34. The number of hydrogen-bond donors (Lipinski definition) is 0. The molecule has 0 aromatic heterocycles. The molecular weight excluding hydrogens is 367 g/mol. The van der Waals surface area contributed by atoms with E-state index >= 15 is 0 Å². The van der Waals surface area contributed by atoms with Crippen LogP contribution in [0.5, 0.6) is 5.75 Å². The molecule has 3 aromatic carbocycles. The van der Waals surface area contributed by atoms with Crippen molar-refractivity contribution >= 4 is 25.7 Å². The highest BCUT2D eigenvalue weighted by Gasteiger charge is 2.53. The number of hydrogen-bond acceptors (Lipinski definition) is 3. The average molecular weight is 388 g/mol. The molecule has 2 aliphatic rings. The molecule has 140 valence electrons. The molecule has 0 unspecified atom stereocenters. The van der Waals surface area contributed by atoms with E-state index in [1.165, 1.54) is 5.56 Å². The number of benzene rings is 3. The molecule has 1 amide bonds. The summed E-state index contributed by atoms with van der Waals surface area (Å²) in [6.07, 6.45) is 0.729. The van der Waals surface area contributed by atoms with E-state index < -0.39 is 8.45 Å². The van der Waals surface area contributed by atoms with Crippen molar-refractivity contribution in [1.29, 1.82) is 0 Å². The van der Waals surface area contributed by atoms with Crippen LogP contribution in [0.4, 0.5) is 11.4 Å². The Hall–Kier alpha value is -2.84. The second-order valence-electron chi connectivity index (χ2n) is 7.24. The molecule has 4 nitrogen and oxygen atoms in total. The van der Waals surface area contributed by atoms with Gasteiger partial charge in [-0.3, -0.25) is 9.46 Å². The Morgan fingerprint density at radius 3 is 2.32 bits per heavy atom. The van der Waals surface area contributed by atoms with Gasteiger partial charge in [-0.1, -0.05) is 54.6 Å². The van der Waals surface area contributed by atoms with Gasteiger partial charge in [-0.15, -0.1) is 0 Å². The summed E-state index contributed by atoms with van der Waals surface area (Å²) in [5.41, 5.74) is 5.37. The number of nitrogens with zero attached hydrogens (tertiary/aromatic N) is 2. The highest BCUT2D eigenvalue weighted by atomic mass is 31.2. The Balaban J connectivity index is 1.63. The Morgan fingerprint density at radius 1 is 0.893 bits per heavy atom. The minimum absolute atomic E-state index is 0.111. The van der Waals surface area contributed by atoms with E-state index in [-0.39, 0.29) is 11.9 Å². The Morgan fingerprint density at radius 2 is 1.57 bits per heavy atom. The lowest BCUT2D eigenvalue weighted by atomic mass is 10.1. The maximum atomic E-state index is 13.4. The van der Waals surface area contributed by atoms with Crippen molar-refractivity contribution in [1.82, 2.24) is 0 Å². The lowest BCUT2D eigenvalue weighted by molar-refractivity contribution is -0.117. The van der Waals surface area contributed by atoms with Gasteiger partial charge in [0.05, 0.1) is 5.69 Å². The molecule has 0 radical (unpaired) electrons. The third kappa shape index (κ3) is 2.60. The molecule has 2 heterocycles. The summed E-state index contributed by atoms with van der Waals surface area (Å²) in [5.74, 6) is 0.979. The van der Waals surface area contributed by atoms with Crippen molar-refractivity contribution < 1.29 is 9.32 Å². The molecule has 0 bridgehead atoms. The largest absolute Gasteiger partial charge is 0.436 e. The Kier molecular flexibility index (Phi) is 4.10. The maximum Gasteiger partial charge on any atom is 0.317 e. The van der Waals surface area contributed by atoms with Crippen LogP contribution in [0.3, 0.4) is 0 Å². The van der Waals surface area contributed by atoms with Crippen molar-refractivity contribution in [3.05, 3.63) is 89.5 Å². The van der Waals surface area contributed by atoms with Crippen molar-refractivity contribution in [3.8, 4) is 5.75 Å². The number of aryl methyl sites for hydroxylation is 2. The first-order chi connectivity index (χ1) is 13.6. The molecule has 2 aliphatic heterocycles. The summed E-state index contributed by atoms with van der Waals surface area (Å²) in [4.78, 5) is 13.4.